The summed E-state index contributed by atoms with van der Waals surface area (Å²) < 4.78 is 5.74. The third kappa shape index (κ3) is 1.32. The van der Waals surface area contributed by atoms with E-state index >= 15 is 0 Å². The molecule has 0 radical (unpaired) electrons. The quantitative estimate of drug-likeness (QED) is 0.541. The van der Waals surface area contributed by atoms with Gasteiger partial charge < -0.3 is 10.1 Å². The summed E-state index contributed by atoms with van der Waals surface area (Å²) in [4.78, 5) is 0. The third-order valence-electron chi connectivity index (χ3n) is 2.45. The number of hydrogen-bond donors (Lipinski definition) is 1. The first-order valence-corrected chi connectivity index (χ1v) is 4.31. The van der Waals surface area contributed by atoms with E-state index in [-0.39, 0.29) is 0 Å². The van der Waals surface area contributed by atoms with E-state index in [2.05, 4.69) is 5.32 Å². The second-order valence-electron chi connectivity index (χ2n) is 3.30. The molecule has 2 bridgehead atoms. The Hall–Kier alpha value is -0.0800. The van der Waals surface area contributed by atoms with Crippen LogP contribution in [0.4, 0.5) is 0 Å². The lowest BCUT2D eigenvalue weighted by atomic mass is 10.1. The van der Waals surface area contributed by atoms with Crippen LogP contribution >= 0.6 is 0 Å². The van der Waals surface area contributed by atoms with Gasteiger partial charge in [-0.05, 0) is 32.2 Å². The minimum absolute atomic E-state index is 0.533. The molecule has 58 valence electrons. The topological polar surface area (TPSA) is 21.3 Å². The zero-order valence-electron chi connectivity index (χ0n) is 6.31. The van der Waals surface area contributed by atoms with Crippen molar-refractivity contribution in [1.29, 1.82) is 0 Å². The number of nitrogens with one attached hydrogen (secondary N) is 1. The second kappa shape index (κ2) is 2.89. The molecule has 2 aliphatic heterocycles. The molecule has 0 aliphatic carbocycles. The van der Waals surface area contributed by atoms with Crippen LogP contribution in [0.15, 0.2) is 0 Å². The molecule has 0 unspecified atom stereocenters. The highest BCUT2D eigenvalue weighted by Crippen LogP contribution is 2.23. The predicted octanol–water partition coefficient (Wildman–Crippen LogP) is 0.917. The summed E-state index contributed by atoms with van der Waals surface area (Å²) in [5.41, 5.74) is 0. The van der Waals surface area contributed by atoms with Crippen molar-refractivity contribution in [2.24, 2.45) is 0 Å². The average Bonchev–Trinajstić information content (AvgIpc) is 2.30. The Kier molecular flexibility index (Phi) is 1.91. The summed E-state index contributed by atoms with van der Waals surface area (Å²) in [6.45, 7) is 2.27. The Morgan fingerprint density at radius 1 is 1.10 bits per heavy atom. The maximum absolute atomic E-state index is 5.74. The molecule has 2 saturated heterocycles. The van der Waals surface area contributed by atoms with Crippen LogP contribution in [0.2, 0.25) is 0 Å². The highest BCUT2D eigenvalue weighted by Gasteiger charge is 2.25. The molecule has 0 aromatic heterocycles. The molecular formula is C8H15NO. The summed E-state index contributed by atoms with van der Waals surface area (Å²) in [6, 6.07) is 0. The van der Waals surface area contributed by atoms with E-state index in [1.807, 2.05) is 0 Å². The maximum atomic E-state index is 5.74. The predicted molar refractivity (Wildman–Crippen MR) is 40.0 cm³/mol. The second-order valence-corrected chi connectivity index (χ2v) is 3.30. The third-order valence-corrected chi connectivity index (χ3v) is 2.45. The monoisotopic (exact) mass is 141 g/mol. The minimum atomic E-state index is 0.533. The maximum Gasteiger partial charge on any atom is 0.0704 e. The van der Waals surface area contributed by atoms with Crippen LogP contribution in [-0.2, 0) is 4.74 Å². The smallest absolute Gasteiger partial charge is 0.0704 e. The highest BCUT2D eigenvalue weighted by atomic mass is 16.5. The van der Waals surface area contributed by atoms with Gasteiger partial charge in [-0.25, -0.2) is 0 Å². The van der Waals surface area contributed by atoms with Gasteiger partial charge in [0, 0.05) is 6.54 Å². The van der Waals surface area contributed by atoms with Crippen molar-refractivity contribution < 1.29 is 4.74 Å². The average molecular weight is 141 g/mol. The first kappa shape index (κ1) is 6.62. The zero-order chi connectivity index (χ0) is 6.81. The van der Waals surface area contributed by atoms with E-state index in [1.54, 1.807) is 0 Å². The van der Waals surface area contributed by atoms with Gasteiger partial charge in [0.2, 0.25) is 0 Å². The molecule has 0 spiro atoms. The van der Waals surface area contributed by atoms with Crippen molar-refractivity contribution in [2.45, 2.75) is 37.9 Å². The van der Waals surface area contributed by atoms with Crippen molar-refractivity contribution in [3.05, 3.63) is 0 Å². The molecule has 1 N–H and O–H groups in total. The Morgan fingerprint density at radius 3 is 3.00 bits per heavy atom. The summed E-state index contributed by atoms with van der Waals surface area (Å²) in [5, 5.41) is 3.39. The van der Waals surface area contributed by atoms with E-state index in [1.165, 1.54) is 32.2 Å². The fourth-order valence-electron chi connectivity index (χ4n) is 1.86. The molecule has 0 aromatic carbocycles. The molecule has 2 fully saturated rings. The Morgan fingerprint density at radius 2 is 2.00 bits per heavy atom. The van der Waals surface area contributed by atoms with E-state index in [0.29, 0.717) is 12.2 Å². The van der Waals surface area contributed by atoms with E-state index < -0.39 is 0 Å². The van der Waals surface area contributed by atoms with Gasteiger partial charge in [0.05, 0.1) is 12.2 Å². The first-order valence-electron chi connectivity index (χ1n) is 4.31. The summed E-state index contributed by atoms with van der Waals surface area (Å²) in [6.07, 6.45) is 6.27. The summed E-state index contributed by atoms with van der Waals surface area (Å²) in [5.74, 6) is 0. The molecule has 0 saturated carbocycles. The number of fused-ring (bicyclic) bond motifs is 2. The standard InChI is InChI=1S/C8H15NO/c1-2-7-3-4-8(10-7)6-9-5-1/h7-9H,1-6H2/t7-,8-/m1/s1. The molecule has 0 amide bonds. The van der Waals surface area contributed by atoms with E-state index in [4.69, 9.17) is 4.74 Å². The Labute approximate surface area is 61.9 Å². The van der Waals surface area contributed by atoms with Crippen LogP contribution in [0.3, 0.4) is 0 Å². The van der Waals surface area contributed by atoms with E-state index in [0.717, 1.165) is 6.54 Å². The normalized spacial score (nSPS) is 40.8. The highest BCUT2D eigenvalue weighted by molar-refractivity contribution is 4.77. The van der Waals surface area contributed by atoms with Crippen LogP contribution in [-0.4, -0.2) is 25.3 Å². The van der Waals surface area contributed by atoms with Crippen molar-refractivity contribution in [3.63, 3.8) is 0 Å². The van der Waals surface area contributed by atoms with Crippen molar-refractivity contribution in [3.8, 4) is 0 Å². The lowest BCUT2D eigenvalue weighted by molar-refractivity contribution is 0.0326. The van der Waals surface area contributed by atoms with Gasteiger partial charge in [-0.2, -0.15) is 0 Å². The molecule has 2 aliphatic rings. The van der Waals surface area contributed by atoms with Crippen LogP contribution in [0, 0.1) is 0 Å². The Balaban J connectivity index is 1.91. The van der Waals surface area contributed by atoms with Gasteiger partial charge in [-0.15, -0.1) is 0 Å². The molecular weight excluding hydrogens is 126 g/mol. The Bertz CT molecular complexity index is 104. The fraction of sp³-hybridized carbons (Fsp3) is 1.00. The number of ether oxygens (including phenoxy) is 1. The van der Waals surface area contributed by atoms with Gasteiger partial charge in [0.1, 0.15) is 0 Å². The van der Waals surface area contributed by atoms with Gasteiger partial charge in [-0.3, -0.25) is 0 Å². The van der Waals surface area contributed by atoms with Crippen LogP contribution in [0.1, 0.15) is 25.7 Å². The van der Waals surface area contributed by atoms with Crippen LogP contribution in [0.25, 0.3) is 0 Å². The van der Waals surface area contributed by atoms with Crippen molar-refractivity contribution in [2.75, 3.05) is 13.1 Å². The van der Waals surface area contributed by atoms with Crippen LogP contribution in [0.5, 0.6) is 0 Å². The SMILES string of the molecule is C1CNC[C@H]2CC[C@@H](C1)O2. The molecule has 2 nitrogen and oxygen atoms in total. The first-order chi connectivity index (χ1) is 4.95. The van der Waals surface area contributed by atoms with Crippen molar-refractivity contribution in [1.82, 2.24) is 5.32 Å². The molecule has 2 atom stereocenters. The van der Waals surface area contributed by atoms with Gasteiger partial charge in [0.25, 0.3) is 0 Å². The van der Waals surface area contributed by atoms with Gasteiger partial charge >= 0.3 is 0 Å². The van der Waals surface area contributed by atoms with Crippen LogP contribution < -0.4 is 5.32 Å². The largest absolute Gasteiger partial charge is 0.374 e. The van der Waals surface area contributed by atoms with E-state index in [9.17, 15) is 0 Å². The summed E-state index contributed by atoms with van der Waals surface area (Å²) in [7, 11) is 0. The molecule has 0 aromatic rings. The minimum Gasteiger partial charge on any atom is -0.374 e. The molecule has 2 heteroatoms. The lowest BCUT2D eigenvalue weighted by Crippen LogP contribution is -2.30. The molecule has 2 heterocycles. The molecule has 10 heavy (non-hydrogen) atoms. The van der Waals surface area contributed by atoms with Gasteiger partial charge in [-0.1, -0.05) is 0 Å². The number of rotatable bonds is 0. The molecule has 2 rings (SSSR count). The number of hydrogen-bond acceptors (Lipinski definition) is 2. The lowest BCUT2D eigenvalue weighted by Gasteiger charge is -2.17. The fourth-order valence-corrected chi connectivity index (χ4v) is 1.86. The summed E-state index contributed by atoms with van der Waals surface area (Å²) >= 11 is 0. The van der Waals surface area contributed by atoms with Crippen molar-refractivity contribution >= 4 is 0 Å². The van der Waals surface area contributed by atoms with Gasteiger partial charge in [0.15, 0.2) is 0 Å². The zero-order valence-corrected chi connectivity index (χ0v) is 6.31.